The predicted molar refractivity (Wildman–Crippen MR) is 87.1 cm³/mol. The maximum atomic E-state index is 12.6. The van der Waals surface area contributed by atoms with Crippen LogP contribution in [0, 0.1) is 0 Å². The molecule has 2 aromatic carbocycles. The lowest BCUT2D eigenvalue weighted by Crippen LogP contribution is -2.32. The van der Waals surface area contributed by atoms with Gasteiger partial charge in [-0.25, -0.2) is 4.90 Å². The van der Waals surface area contributed by atoms with Crippen molar-refractivity contribution in [2.24, 2.45) is 0 Å². The van der Waals surface area contributed by atoms with E-state index >= 15 is 0 Å². The lowest BCUT2D eigenvalue weighted by Gasteiger charge is -2.20. The zero-order valence-electron chi connectivity index (χ0n) is 12.5. The number of halogens is 1. The van der Waals surface area contributed by atoms with E-state index in [1.165, 1.54) is 17.0 Å². The van der Waals surface area contributed by atoms with Crippen LogP contribution in [0.4, 0.5) is 5.69 Å². The number of carbonyl (C=O) groups excluding carboxylic acids is 3. The van der Waals surface area contributed by atoms with Crippen LogP contribution in [0.2, 0.25) is 5.02 Å². The molecule has 0 saturated heterocycles. The standard InChI is InChI=1S/C17H13ClN2O3/c1-19(2)15(21)13-9-10(18)7-8-14(13)20-16(22)11-5-3-4-6-12(11)17(20)23/h3-9H,1-2H3. The first-order chi connectivity index (χ1) is 10.9. The van der Waals surface area contributed by atoms with Crippen LogP contribution in [-0.2, 0) is 0 Å². The molecule has 2 aromatic rings. The van der Waals surface area contributed by atoms with Crippen molar-refractivity contribution in [2.45, 2.75) is 0 Å². The van der Waals surface area contributed by atoms with E-state index in [1.807, 2.05) is 0 Å². The molecule has 1 aliphatic heterocycles. The number of fused-ring (bicyclic) bond motifs is 1. The van der Waals surface area contributed by atoms with E-state index in [-0.39, 0.29) is 17.2 Å². The largest absolute Gasteiger partial charge is 0.345 e. The number of nitrogens with zero attached hydrogens (tertiary/aromatic N) is 2. The summed E-state index contributed by atoms with van der Waals surface area (Å²) in [6, 6.07) is 11.1. The van der Waals surface area contributed by atoms with E-state index in [0.717, 1.165) is 4.90 Å². The summed E-state index contributed by atoms with van der Waals surface area (Å²) in [4.78, 5) is 39.9. The smallest absolute Gasteiger partial charge is 0.266 e. The van der Waals surface area contributed by atoms with E-state index in [4.69, 9.17) is 11.6 Å². The Labute approximate surface area is 138 Å². The number of benzene rings is 2. The molecule has 0 fully saturated rings. The molecule has 6 heteroatoms. The van der Waals surface area contributed by atoms with Gasteiger partial charge in [-0.15, -0.1) is 0 Å². The molecule has 1 heterocycles. The van der Waals surface area contributed by atoms with Crippen molar-refractivity contribution in [3.8, 4) is 0 Å². The first kappa shape index (κ1) is 15.2. The Balaban J connectivity index is 2.16. The molecular formula is C17H13ClN2O3. The third-order valence-corrected chi connectivity index (χ3v) is 3.87. The fraction of sp³-hybridized carbons (Fsp3) is 0.118. The van der Waals surface area contributed by atoms with Gasteiger partial charge in [0, 0.05) is 19.1 Å². The molecule has 0 N–H and O–H groups in total. The Kier molecular flexibility index (Phi) is 3.66. The Morgan fingerprint density at radius 3 is 2.09 bits per heavy atom. The molecule has 0 unspecified atom stereocenters. The molecule has 0 spiro atoms. The minimum absolute atomic E-state index is 0.206. The number of rotatable bonds is 2. The fourth-order valence-corrected chi connectivity index (χ4v) is 2.70. The second-order valence-corrected chi connectivity index (χ2v) is 5.79. The van der Waals surface area contributed by atoms with Gasteiger partial charge in [0.25, 0.3) is 17.7 Å². The summed E-state index contributed by atoms with van der Waals surface area (Å²) in [5, 5.41) is 0.357. The number of carbonyl (C=O) groups is 3. The molecule has 116 valence electrons. The van der Waals surface area contributed by atoms with Crippen molar-refractivity contribution in [1.29, 1.82) is 0 Å². The Hall–Kier alpha value is -2.66. The number of amides is 3. The van der Waals surface area contributed by atoms with Gasteiger partial charge in [0.2, 0.25) is 0 Å². The van der Waals surface area contributed by atoms with E-state index < -0.39 is 11.8 Å². The van der Waals surface area contributed by atoms with Gasteiger partial charge in [0.15, 0.2) is 0 Å². The lowest BCUT2D eigenvalue weighted by molar-refractivity contribution is 0.0828. The van der Waals surface area contributed by atoms with Crippen molar-refractivity contribution < 1.29 is 14.4 Å². The number of anilines is 1. The highest BCUT2D eigenvalue weighted by Gasteiger charge is 2.38. The predicted octanol–water partition coefficient (Wildman–Crippen LogP) is 2.84. The average molecular weight is 329 g/mol. The van der Waals surface area contributed by atoms with Crippen LogP contribution >= 0.6 is 11.6 Å². The number of hydrogen-bond acceptors (Lipinski definition) is 3. The fourth-order valence-electron chi connectivity index (χ4n) is 2.52. The van der Waals surface area contributed by atoms with Crippen LogP contribution < -0.4 is 4.90 Å². The zero-order valence-corrected chi connectivity index (χ0v) is 13.3. The lowest BCUT2D eigenvalue weighted by atomic mass is 10.1. The minimum atomic E-state index is -0.444. The summed E-state index contributed by atoms with van der Waals surface area (Å²) in [7, 11) is 3.19. The molecule has 0 aromatic heterocycles. The van der Waals surface area contributed by atoms with Crippen molar-refractivity contribution in [3.05, 3.63) is 64.2 Å². The van der Waals surface area contributed by atoms with Crippen LogP contribution in [0.15, 0.2) is 42.5 Å². The summed E-state index contributed by atoms with van der Waals surface area (Å²) in [5.74, 6) is -1.22. The zero-order chi connectivity index (χ0) is 16.7. The van der Waals surface area contributed by atoms with Crippen LogP contribution in [-0.4, -0.2) is 36.7 Å². The van der Waals surface area contributed by atoms with E-state index in [1.54, 1.807) is 44.4 Å². The van der Waals surface area contributed by atoms with Crippen LogP contribution in [0.3, 0.4) is 0 Å². The molecule has 5 nitrogen and oxygen atoms in total. The molecule has 23 heavy (non-hydrogen) atoms. The normalized spacial score (nSPS) is 13.3. The quantitative estimate of drug-likeness (QED) is 0.796. The highest BCUT2D eigenvalue weighted by atomic mass is 35.5. The molecule has 3 amide bonds. The minimum Gasteiger partial charge on any atom is -0.345 e. The molecular weight excluding hydrogens is 316 g/mol. The van der Waals surface area contributed by atoms with Crippen LogP contribution in [0.1, 0.15) is 31.1 Å². The SMILES string of the molecule is CN(C)C(=O)c1cc(Cl)ccc1N1C(=O)c2ccccc2C1=O. The average Bonchev–Trinajstić information content (AvgIpc) is 2.79. The van der Waals surface area contributed by atoms with Crippen LogP contribution in [0.5, 0.6) is 0 Å². The van der Waals surface area contributed by atoms with Gasteiger partial charge in [0.05, 0.1) is 22.4 Å². The Bertz CT molecular complexity index is 810. The molecule has 0 bridgehead atoms. The summed E-state index contributed by atoms with van der Waals surface area (Å²) in [6.45, 7) is 0. The van der Waals surface area contributed by atoms with E-state index in [9.17, 15) is 14.4 Å². The van der Waals surface area contributed by atoms with E-state index in [2.05, 4.69) is 0 Å². The van der Waals surface area contributed by atoms with Gasteiger partial charge >= 0.3 is 0 Å². The van der Waals surface area contributed by atoms with Crippen molar-refractivity contribution in [3.63, 3.8) is 0 Å². The van der Waals surface area contributed by atoms with Crippen molar-refractivity contribution in [1.82, 2.24) is 4.90 Å². The topological polar surface area (TPSA) is 57.7 Å². The van der Waals surface area contributed by atoms with Crippen LogP contribution in [0.25, 0.3) is 0 Å². The summed E-state index contributed by atoms with van der Waals surface area (Å²) >= 11 is 5.98. The monoisotopic (exact) mass is 328 g/mol. The number of hydrogen-bond donors (Lipinski definition) is 0. The third kappa shape index (κ3) is 2.39. The maximum Gasteiger partial charge on any atom is 0.266 e. The molecule has 3 rings (SSSR count). The Morgan fingerprint density at radius 1 is 1.00 bits per heavy atom. The van der Waals surface area contributed by atoms with Gasteiger partial charge < -0.3 is 4.90 Å². The molecule has 0 aliphatic carbocycles. The maximum absolute atomic E-state index is 12.6. The van der Waals surface area contributed by atoms with Gasteiger partial charge in [-0.1, -0.05) is 23.7 Å². The second-order valence-electron chi connectivity index (χ2n) is 5.35. The Morgan fingerprint density at radius 2 is 1.57 bits per heavy atom. The molecule has 0 radical (unpaired) electrons. The van der Waals surface area contributed by atoms with Gasteiger partial charge in [0.1, 0.15) is 0 Å². The van der Waals surface area contributed by atoms with E-state index in [0.29, 0.717) is 16.1 Å². The van der Waals surface area contributed by atoms with Gasteiger partial charge in [-0.05, 0) is 30.3 Å². The van der Waals surface area contributed by atoms with Gasteiger partial charge in [-0.2, -0.15) is 0 Å². The molecule has 0 atom stereocenters. The summed E-state index contributed by atoms with van der Waals surface area (Å²) < 4.78 is 0. The number of imide groups is 1. The summed E-state index contributed by atoms with van der Waals surface area (Å²) in [5.41, 5.74) is 1.10. The third-order valence-electron chi connectivity index (χ3n) is 3.63. The van der Waals surface area contributed by atoms with Crippen molar-refractivity contribution in [2.75, 3.05) is 19.0 Å². The first-order valence-electron chi connectivity index (χ1n) is 6.91. The highest BCUT2D eigenvalue weighted by Crippen LogP contribution is 2.32. The second kappa shape index (κ2) is 5.52. The molecule has 1 aliphatic rings. The molecule has 0 saturated carbocycles. The van der Waals surface area contributed by atoms with Gasteiger partial charge in [-0.3, -0.25) is 14.4 Å². The summed E-state index contributed by atoms with van der Waals surface area (Å²) in [6.07, 6.45) is 0. The highest BCUT2D eigenvalue weighted by molar-refractivity contribution is 6.36. The first-order valence-corrected chi connectivity index (χ1v) is 7.28. The van der Waals surface area contributed by atoms with Crippen molar-refractivity contribution >= 4 is 35.0 Å².